The number of amides is 1. The third-order valence-corrected chi connectivity index (χ3v) is 4.56. The normalized spacial score (nSPS) is 15.5. The number of rotatable bonds is 4. The van der Waals surface area contributed by atoms with Gasteiger partial charge in [-0.25, -0.2) is 0 Å². The predicted octanol–water partition coefficient (Wildman–Crippen LogP) is 3.74. The number of carbonyl (C=O) groups excluding carboxylic acids is 1. The zero-order valence-corrected chi connectivity index (χ0v) is 15.0. The zero-order valence-electron chi connectivity index (χ0n) is 14.3. The Bertz CT molecular complexity index is 750. The third kappa shape index (κ3) is 4.84. The standard InChI is InChI=1S/C20H22ClN3O/c1-23-12-14-24(15-13-23)19-5-3-2-4-18(19)22-20(25)11-8-16-6-9-17(21)10-7-16/h2-11H,12-15H2,1H3,(H,22,25)/b11-8+. The number of hydrogen-bond donors (Lipinski definition) is 1. The summed E-state index contributed by atoms with van der Waals surface area (Å²) < 4.78 is 0. The van der Waals surface area contributed by atoms with Crippen molar-refractivity contribution in [3.05, 3.63) is 65.2 Å². The van der Waals surface area contributed by atoms with Crippen LogP contribution in [0.2, 0.25) is 5.02 Å². The van der Waals surface area contributed by atoms with Crippen LogP contribution in [0.25, 0.3) is 6.08 Å². The van der Waals surface area contributed by atoms with Crippen LogP contribution in [0.3, 0.4) is 0 Å². The van der Waals surface area contributed by atoms with E-state index in [0.717, 1.165) is 43.1 Å². The Morgan fingerprint density at radius 3 is 2.44 bits per heavy atom. The van der Waals surface area contributed by atoms with Gasteiger partial charge in [0.05, 0.1) is 11.4 Å². The Morgan fingerprint density at radius 1 is 1.04 bits per heavy atom. The lowest BCUT2D eigenvalue weighted by molar-refractivity contribution is -0.111. The molecule has 0 unspecified atom stereocenters. The average Bonchev–Trinajstić information content (AvgIpc) is 2.63. The van der Waals surface area contributed by atoms with Crippen LogP contribution in [0.4, 0.5) is 11.4 Å². The first-order valence-electron chi connectivity index (χ1n) is 8.39. The number of likely N-dealkylation sites (N-methyl/N-ethyl adjacent to an activating group) is 1. The number of halogens is 1. The second-order valence-electron chi connectivity index (χ2n) is 6.18. The van der Waals surface area contributed by atoms with Crippen LogP contribution in [-0.2, 0) is 4.79 Å². The molecule has 0 atom stereocenters. The lowest BCUT2D eigenvalue weighted by Gasteiger charge is -2.35. The minimum atomic E-state index is -0.142. The third-order valence-electron chi connectivity index (χ3n) is 4.30. The molecule has 1 fully saturated rings. The number of nitrogens with zero attached hydrogens (tertiary/aromatic N) is 2. The molecule has 1 aliphatic heterocycles. The van der Waals surface area contributed by atoms with E-state index in [-0.39, 0.29) is 5.91 Å². The van der Waals surface area contributed by atoms with Gasteiger partial charge in [0, 0.05) is 37.3 Å². The zero-order chi connectivity index (χ0) is 17.6. The molecule has 0 radical (unpaired) electrons. The molecule has 4 nitrogen and oxygen atoms in total. The van der Waals surface area contributed by atoms with E-state index in [9.17, 15) is 4.79 Å². The molecular formula is C20H22ClN3O. The molecule has 0 aromatic heterocycles. The number of piperazine rings is 1. The Kier molecular flexibility index (Phi) is 5.74. The first kappa shape index (κ1) is 17.5. The molecule has 1 N–H and O–H groups in total. The van der Waals surface area contributed by atoms with Crippen LogP contribution in [0.5, 0.6) is 0 Å². The topological polar surface area (TPSA) is 35.6 Å². The summed E-state index contributed by atoms with van der Waals surface area (Å²) in [7, 11) is 2.13. The van der Waals surface area contributed by atoms with Gasteiger partial charge in [0.2, 0.25) is 5.91 Å². The van der Waals surface area contributed by atoms with E-state index in [0.29, 0.717) is 5.02 Å². The number of hydrogen-bond acceptors (Lipinski definition) is 3. The number of carbonyl (C=O) groups is 1. The smallest absolute Gasteiger partial charge is 0.248 e. The van der Waals surface area contributed by atoms with Crippen molar-refractivity contribution in [1.29, 1.82) is 0 Å². The number of nitrogens with one attached hydrogen (secondary N) is 1. The molecule has 25 heavy (non-hydrogen) atoms. The Hall–Kier alpha value is -2.30. The van der Waals surface area contributed by atoms with E-state index in [1.165, 1.54) is 0 Å². The molecule has 130 valence electrons. The van der Waals surface area contributed by atoms with E-state index >= 15 is 0 Å². The molecule has 1 aliphatic rings. The molecule has 0 bridgehead atoms. The molecular weight excluding hydrogens is 334 g/mol. The Labute approximate surface area is 153 Å². The number of para-hydroxylation sites is 2. The lowest BCUT2D eigenvalue weighted by Crippen LogP contribution is -2.44. The van der Waals surface area contributed by atoms with Crippen LogP contribution < -0.4 is 10.2 Å². The maximum absolute atomic E-state index is 12.3. The van der Waals surface area contributed by atoms with Crippen molar-refractivity contribution in [2.75, 3.05) is 43.4 Å². The highest BCUT2D eigenvalue weighted by molar-refractivity contribution is 6.30. The van der Waals surface area contributed by atoms with E-state index in [1.54, 1.807) is 12.2 Å². The fourth-order valence-electron chi connectivity index (χ4n) is 2.82. The summed E-state index contributed by atoms with van der Waals surface area (Å²) in [5.41, 5.74) is 2.86. The van der Waals surface area contributed by atoms with Gasteiger partial charge >= 0.3 is 0 Å². The molecule has 3 rings (SSSR count). The van der Waals surface area contributed by atoms with Gasteiger partial charge in [0.15, 0.2) is 0 Å². The van der Waals surface area contributed by atoms with Gasteiger partial charge in [-0.2, -0.15) is 0 Å². The monoisotopic (exact) mass is 355 g/mol. The SMILES string of the molecule is CN1CCN(c2ccccc2NC(=O)/C=C/c2ccc(Cl)cc2)CC1. The fourth-order valence-corrected chi connectivity index (χ4v) is 2.95. The second kappa shape index (κ2) is 8.19. The Morgan fingerprint density at radius 2 is 1.72 bits per heavy atom. The van der Waals surface area contributed by atoms with Gasteiger partial charge in [0.1, 0.15) is 0 Å². The van der Waals surface area contributed by atoms with Crippen LogP contribution in [0, 0.1) is 0 Å². The molecule has 1 saturated heterocycles. The summed E-state index contributed by atoms with van der Waals surface area (Å²) in [6.07, 6.45) is 3.33. The summed E-state index contributed by atoms with van der Waals surface area (Å²) in [5, 5.41) is 3.68. The quantitative estimate of drug-likeness (QED) is 0.848. The summed E-state index contributed by atoms with van der Waals surface area (Å²) in [4.78, 5) is 16.9. The van der Waals surface area contributed by atoms with Crippen molar-refractivity contribution >= 4 is 35.0 Å². The number of anilines is 2. The average molecular weight is 356 g/mol. The second-order valence-corrected chi connectivity index (χ2v) is 6.62. The maximum atomic E-state index is 12.3. The molecule has 2 aromatic rings. The van der Waals surface area contributed by atoms with E-state index in [1.807, 2.05) is 42.5 Å². The first-order valence-corrected chi connectivity index (χ1v) is 8.77. The fraction of sp³-hybridized carbons (Fsp3) is 0.250. The first-order chi connectivity index (χ1) is 12.1. The van der Waals surface area contributed by atoms with Crippen LogP contribution in [0.1, 0.15) is 5.56 Å². The minimum Gasteiger partial charge on any atom is -0.367 e. The molecule has 0 aliphatic carbocycles. The van der Waals surface area contributed by atoms with Gasteiger partial charge in [-0.3, -0.25) is 4.79 Å². The highest BCUT2D eigenvalue weighted by atomic mass is 35.5. The molecule has 5 heteroatoms. The van der Waals surface area contributed by atoms with E-state index < -0.39 is 0 Å². The Balaban J connectivity index is 1.68. The minimum absolute atomic E-state index is 0.142. The molecule has 1 amide bonds. The van der Waals surface area contributed by atoms with Crippen molar-refractivity contribution in [3.8, 4) is 0 Å². The summed E-state index contributed by atoms with van der Waals surface area (Å²) >= 11 is 5.87. The van der Waals surface area contributed by atoms with Crippen molar-refractivity contribution in [2.24, 2.45) is 0 Å². The van der Waals surface area contributed by atoms with E-state index in [4.69, 9.17) is 11.6 Å². The van der Waals surface area contributed by atoms with Gasteiger partial charge in [-0.1, -0.05) is 35.9 Å². The summed E-state index contributed by atoms with van der Waals surface area (Å²) in [5.74, 6) is -0.142. The van der Waals surface area contributed by atoms with Gasteiger partial charge in [-0.05, 0) is 43.0 Å². The van der Waals surface area contributed by atoms with Gasteiger partial charge in [0.25, 0.3) is 0 Å². The lowest BCUT2D eigenvalue weighted by atomic mass is 10.2. The van der Waals surface area contributed by atoms with E-state index in [2.05, 4.69) is 28.2 Å². The molecule has 0 saturated carbocycles. The molecule has 1 heterocycles. The highest BCUT2D eigenvalue weighted by Crippen LogP contribution is 2.26. The van der Waals surface area contributed by atoms with Crippen LogP contribution in [-0.4, -0.2) is 44.0 Å². The summed E-state index contributed by atoms with van der Waals surface area (Å²) in [6, 6.07) is 15.3. The van der Waals surface area contributed by atoms with Gasteiger partial charge < -0.3 is 15.1 Å². The predicted molar refractivity (Wildman–Crippen MR) is 105 cm³/mol. The van der Waals surface area contributed by atoms with Crippen LogP contribution in [0.15, 0.2) is 54.6 Å². The van der Waals surface area contributed by atoms with Crippen molar-refractivity contribution < 1.29 is 4.79 Å². The number of benzene rings is 2. The van der Waals surface area contributed by atoms with Gasteiger partial charge in [-0.15, -0.1) is 0 Å². The molecule has 2 aromatic carbocycles. The van der Waals surface area contributed by atoms with Crippen molar-refractivity contribution in [2.45, 2.75) is 0 Å². The maximum Gasteiger partial charge on any atom is 0.248 e. The summed E-state index contributed by atoms with van der Waals surface area (Å²) in [6.45, 7) is 3.98. The largest absolute Gasteiger partial charge is 0.367 e. The van der Waals surface area contributed by atoms with Crippen LogP contribution >= 0.6 is 11.6 Å². The van der Waals surface area contributed by atoms with Crippen molar-refractivity contribution in [3.63, 3.8) is 0 Å². The van der Waals surface area contributed by atoms with Crippen molar-refractivity contribution in [1.82, 2.24) is 4.90 Å². The highest BCUT2D eigenvalue weighted by Gasteiger charge is 2.17. The molecule has 0 spiro atoms.